The first-order valence-electron chi connectivity index (χ1n) is 11.0. The van der Waals surface area contributed by atoms with Gasteiger partial charge in [0.15, 0.2) is 0 Å². The second-order valence-corrected chi connectivity index (χ2v) is 10.5. The number of thiophene rings is 1. The van der Waals surface area contributed by atoms with Gasteiger partial charge < -0.3 is 15.4 Å². The van der Waals surface area contributed by atoms with Gasteiger partial charge in [-0.3, -0.25) is 4.79 Å². The van der Waals surface area contributed by atoms with Gasteiger partial charge in [0.25, 0.3) is 0 Å². The van der Waals surface area contributed by atoms with Crippen LogP contribution in [0.3, 0.4) is 0 Å². The minimum Gasteiger partial charge on any atom is -0.462 e. The Bertz CT molecular complexity index is 1190. The van der Waals surface area contributed by atoms with Crippen molar-refractivity contribution in [2.75, 3.05) is 11.9 Å². The molecule has 6 heteroatoms. The summed E-state index contributed by atoms with van der Waals surface area (Å²) >= 11 is 1.47. The predicted octanol–water partition coefficient (Wildman–Crippen LogP) is 5.42. The van der Waals surface area contributed by atoms with Crippen molar-refractivity contribution in [2.24, 2.45) is 0 Å². The molecular formula is C26H30N2O3S. The first-order valence-corrected chi connectivity index (χ1v) is 11.8. The van der Waals surface area contributed by atoms with Gasteiger partial charge in [0.2, 0.25) is 5.91 Å². The number of rotatable bonds is 5. The van der Waals surface area contributed by atoms with E-state index in [0.717, 1.165) is 26.8 Å². The minimum atomic E-state index is -0.376. The van der Waals surface area contributed by atoms with Gasteiger partial charge in [0.05, 0.1) is 18.6 Å². The smallest absolute Gasteiger partial charge is 0.341 e. The van der Waals surface area contributed by atoms with Crippen molar-refractivity contribution >= 4 is 39.0 Å². The molecule has 168 valence electrons. The van der Waals surface area contributed by atoms with E-state index in [-0.39, 0.29) is 36.0 Å². The van der Waals surface area contributed by atoms with E-state index in [9.17, 15) is 9.59 Å². The molecule has 5 nitrogen and oxygen atoms in total. The second-order valence-electron chi connectivity index (χ2n) is 9.51. The van der Waals surface area contributed by atoms with Gasteiger partial charge in [0.1, 0.15) is 5.00 Å². The molecule has 3 aromatic rings. The van der Waals surface area contributed by atoms with Crippen LogP contribution in [-0.4, -0.2) is 24.0 Å². The lowest BCUT2D eigenvalue weighted by Gasteiger charge is -2.42. The quantitative estimate of drug-likeness (QED) is 0.510. The Kier molecular flexibility index (Phi) is 5.86. The van der Waals surface area contributed by atoms with E-state index in [2.05, 4.69) is 38.3 Å². The number of carbonyl (C=O) groups excluding carboxylic acids is 2. The molecule has 32 heavy (non-hydrogen) atoms. The number of hydrogen-bond donors (Lipinski definition) is 2. The molecule has 0 unspecified atom stereocenters. The first-order chi connectivity index (χ1) is 15.1. The summed E-state index contributed by atoms with van der Waals surface area (Å²) < 4.78 is 5.38. The summed E-state index contributed by atoms with van der Waals surface area (Å²) in [7, 11) is 0. The molecule has 1 aliphatic rings. The number of nitrogens with one attached hydrogen (secondary N) is 2. The lowest BCUT2D eigenvalue weighted by atomic mass is 9.81. The second kappa shape index (κ2) is 8.34. The predicted molar refractivity (Wildman–Crippen MR) is 131 cm³/mol. The maximum Gasteiger partial charge on any atom is 0.341 e. The molecule has 0 saturated heterocycles. The molecule has 0 aliphatic carbocycles. The Morgan fingerprint density at radius 2 is 1.81 bits per heavy atom. The summed E-state index contributed by atoms with van der Waals surface area (Å²) in [5.41, 5.74) is 1.94. The highest BCUT2D eigenvalue weighted by Gasteiger charge is 2.42. The molecule has 1 aromatic heterocycles. The highest BCUT2D eigenvalue weighted by molar-refractivity contribution is 7.17. The van der Waals surface area contributed by atoms with Crippen molar-refractivity contribution < 1.29 is 14.3 Å². The Labute approximate surface area is 193 Å². The van der Waals surface area contributed by atoms with Crippen molar-refractivity contribution in [1.29, 1.82) is 0 Å². The molecule has 2 heterocycles. The minimum absolute atomic E-state index is 0.143. The number of anilines is 1. The van der Waals surface area contributed by atoms with Crippen LogP contribution in [0.1, 0.15) is 61.0 Å². The van der Waals surface area contributed by atoms with Crippen molar-refractivity contribution in [3.63, 3.8) is 0 Å². The highest BCUT2D eigenvalue weighted by Crippen LogP contribution is 2.45. The Morgan fingerprint density at radius 1 is 1.09 bits per heavy atom. The molecule has 0 fully saturated rings. The number of esters is 1. The number of ether oxygens (including phenoxy) is 1. The van der Waals surface area contributed by atoms with Crippen molar-refractivity contribution in [1.82, 2.24) is 5.32 Å². The third-order valence-electron chi connectivity index (χ3n) is 5.81. The van der Waals surface area contributed by atoms with E-state index in [0.29, 0.717) is 17.0 Å². The summed E-state index contributed by atoms with van der Waals surface area (Å²) in [6.45, 7) is 10.6. The first kappa shape index (κ1) is 22.5. The highest BCUT2D eigenvalue weighted by atomic mass is 32.1. The fraction of sp³-hybridized carbons (Fsp3) is 0.385. The van der Waals surface area contributed by atoms with Crippen LogP contribution < -0.4 is 10.6 Å². The maximum atomic E-state index is 13.1. The third-order valence-corrected chi connectivity index (χ3v) is 7.28. The van der Waals surface area contributed by atoms with E-state index >= 15 is 0 Å². The van der Waals surface area contributed by atoms with Gasteiger partial charge in [-0.25, -0.2) is 4.79 Å². The van der Waals surface area contributed by atoms with Crippen molar-refractivity contribution in [3.05, 3.63) is 64.0 Å². The van der Waals surface area contributed by atoms with Gasteiger partial charge in [-0.15, -0.1) is 11.3 Å². The number of carbonyl (C=O) groups is 2. The van der Waals surface area contributed by atoms with Gasteiger partial charge >= 0.3 is 5.97 Å². The fourth-order valence-electron chi connectivity index (χ4n) is 4.83. The molecule has 4 rings (SSSR count). The van der Waals surface area contributed by atoms with Gasteiger partial charge in [-0.1, -0.05) is 42.5 Å². The number of benzene rings is 2. The number of hydrogen-bond acceptors (Lipinski definition) is 5. The Morgan fingerprint density at radius 3 is 2.56 bits per heavy atom. The van der Waals surface area contributed by atoms with Crippen LogP contribution in [0.4, 0.5) is 5.00 Å². The standard InChI is InChI=1S/C26H30N2O3S/c1-6-31-24(30)21-19-15-25(2,3)28-26(4,5)22(19)32-23(21)27-20(29)14-17-12-9-11-16-10-7-8-13-18(16)17/h7-13,28H,6,14-15H2,1-5H3,(H,27,29). The zero-order chi connectivity index (χ0) is 23.1. The monoisotopic (exact) mass is 450 g/mol. The Balaban J connectivity index is 1.69. The lowest BCUT2D eigenvalue weighted by molar-refractivity contribution is -0.115. The topological polar surface area (TPSA) is 67.4 Å². The van der Waals surface area contributed by atoms with E-state index in [1.54, 1.807) is 6.92 Å². The van der Waals surface area contributed by atoms with Gasteiger partial charge in [-0.05, 0) is 62.9 Å². The van der Waals surface area contributed by atoms with Crippen LogP contribution in [0, 0.1) is 0 Å². The van der Waals surface area contributed by atoms with E-state index in [4.69, 9.17) is 4.74 Å². The molecule has 1 aliphatic heterocycles. The summed E-state index contributed by atoms with van der Waals surface area (Å²) in [6, 6.07) is 14.0. The van der Waals surface area contributed by atoms with E-state index in [1.165, 1.54) is 11.3 Å². The van der Waals surface area contributed by atoms with Crippen LogP contribution in [0.15, 0.2) is 42.5 Å². The Hall–Kier alpha value is -2.70. The van der Waals surface area contributed by atoms with Crippen LogP contribution in [-0.2, 0) is 27.9 Å². The van der Waals surface area contributed by atoms with Gasteiger partial charge in [0, 0.05) is 16.0 Å². The zero-order valence-electron chi connectivity index (χ0n) is 19.3. The average Bonchev–Trinajstić information content (AvgIpc) is 3.05. The molecule has 1 amide bonds. The average molecular weight is 451 g/mol. The number of amides is 1. The molecule has 0 spiro atoms. The fourth-order valence-corrected chi connectivity index (χ4v) is 6.11. The summed E-state index contributed by atoms with van der Waals surface area (Å²) in [6.07, 6.45) is 0.926. The van der Waals surface area contributed by atoms with E-state index in [1.807, 2.05) is 42.5 Å². The largest absolute Gasteiger partial charge is 0.462 e. The summed E-state index contributed by atoms with van der Waals surface area (Å²) in [5.74, 6) is -0.519. The third kappa shape index (κ3) is 4.30. The van der Waals surface area contributed by atoms with Crippen LogP contribution in [0.5, 0.6) is 0 Å². The summed E-state index contributed by atoms with van der Waals surface area (Å²) in [4.78, 5) is 27.1. The van der Waals surface area contributed by atoms with Crippen molar-refractivity contribution in [3.8, 4) is 0 Å². The lowest BCUT2D eigenvalue weighted by Crippen LogP contribution is -2.55. The van der Waals surface area contributed by atoms with Gasteiger partial charge in [-0.2, -0.15) is 0 Å². The molecule has 0 saturated carbocycles. The molecular weight excluding hydrogens is 420 g/mol. The SMILES string of the molecule is CCOC(=O)c1c(NC(=O)Cc2cccc3ccccc23)sc2c1CC(C)(C)NC2(C)C. The summed E-state index contributed by atoms with van der Waals surface area (Å²) in [5, 5.41) is 9.44. The van der Waals surface area contributed by atoms with Crippen LogP contribution in [0.2, 0.25) is 0 Å². The maximum absolute atomic E-state index is 13.1. The number of fused-ring (bicyclic) bond motifs is 2. The van der Waals surface area contributed by atoms with Crippen LogP contribution >= 0.6 is 11.3 Å². The molecule has 2 N–H and O–H groups in total. The van der Waals surface area contributed by atoms with E-state index < -0.39 is 0 Å². The van der Waals surface area contributed by atoms with Crippen LogP contribution in [0.25, 0.3) is 10.8 Å². The molecule has 2 aromatic carbocycles. The molecule has 0 bridgehead atoms. The van der Waals surface area contributed by atoms with Crippen molar-refractivity contribution in [2.45, 2.75) is 58.5 Å². The molecule has 0 radical (unpaired) electrons. The zero-order valence-corrected chi connectivity index (χ0v) is 20.1. The molecule has 0 atom stereocenters. The normalized spacial score (nSPS) is 16.4.